The van der Waals surface area contributed by atoms with Crippen molar-refractivity contribution in [2.75, 3.05) is 0 Å². The fraction of sp³-hybridized carbons (Fsp3) is 0. The standard InChI is InChI=1S/C57H36N4S/c1-4-15-37(16-5-1)39-27-31-41(32-28-39)44-23-14-24-46-49-35-48-45-21-10-12-25-50(45)61(52(48)36-53(49)62-54(44)46)51-26-13-11-22-47(51)57-59-55(42-19-8-3-9-20-42)58-56(60-57)43-33-29-40(30-34-43)38-17-6-2-7-18-38/h1-36H. The molecule has 0 spiro atoms. The molecule has 9 aromatic carbocycles. The van der Waals surface area contributed by atoms with E-state index < -0.39 is 0 Å². The van der Waals surface area contributed by atoms with Crippen molar-refractivity contribution in [1.82, 2.24) is 19.5 Å². The van der Waals surface area contributed by atoms with Gasteiger partial charge >= 0.3 is 0 Å². The summed E-state index contributed by atoms with van der Waals surface area (Å²) in [6.45, 7) is 0. The zero-order valence-corrected chi connectivity index (χ0v) is 34.3. The number of benzene rings is 9. The molecular weight excluding hydrogens is 773 g/mol. The van der Waals surface area contributed by atoms with Gasteiger partial charge in [0.25, 0.3) is 0 Å². The van der Waals surface area contributed by atoms with Gasteiger partial charge in [0.1, 0.15) is 0 Å². The van der Waals surface area contributed by atoms with Crippen LogP contribution < -0.4 is 0 Å². The highest BCUT2D eigenvalue weighted by Crippen LogP contribution is 2.45. The van der Waals surface area contributed by atoms with E-state index in [4.69, 9.17) is 15.0 Å². The molecule has 0 saturated carbocycles. The smallest absolute Gasteiger partial charge is 0.166 e. The average Bonchev–Trinajstić information content (AvgIpc) is 3.89. The van der Waals surface area contributed by atoms with E-state index in [0.29, 0.717) is 17.5 Å². The quantitative estimate of drug-likeness (QED) is 0.161. The first-order valence-corrected chi connectivity index (χ1v) is 21.7. The van der Waals surface area contributed by atoms with Crippen molar-refractivity contribution in [3.8, 4) is 73.2 Å². The van der Waals surface area contributed by atoms with Crippen molar-refractivity contribution >= 4 is 53.3 Å². The van der Waals surface area contributed by atoms with Gasteiger partial charge in [0.05, 0.1) is 16.7 Å². The molecule has 3 aromatic heterocycles. The second-order valence-corrected chi connectivity index (χ2v) is 16.6. The van der Waals surface area contributed by atoms with Gasteiger partial charge in [-0.1, -0.05) is 188 Å². The number of aromatic nitrogens is 4. The second-order valence-electron chi connectivity index (χ2n) is 15.6. The predicted octanol–water partition coefficient (Wildman–Crippen LogP) is 15.3. The van der Waals surface area contributed by atoms with Crippen LogP contribution in [0.15, 0.2) is 218 Å². The lowest BCUT2D eigenvalue weighted by molar-refractivity contribution is 1.06. The molecule has 62 heavy (non-hydrogen) atoms. The van der Waals surface area contributed by atoms with E-state index in [1.165, 1.54) is 58.8 Å². The Morgan fingerprint density at radius 2 is 0.790 bits per heavy atom. The Morgan fingerprint density at radius 1 is 0.306 bits per heavy atom. The van der Waals surface area contributed by atoms with Crippen molar-refractivity contribution in [1.29, 1.82) is 0 Å². The molecule has 0 saturated heterocycles. The molecule has 0 aliphatic heterocycles. The van der Waals surface area contributed by atoms with E-state index in [0.717, 1.165) is 39.0 Å². The number of thiophene rings is 1. The number of nitrogens with zero attached hydrogens (tertiary/aromatic N) is 4. The Balaban J connectivity index is 1.02. The Labute approximate surface area is 362 Å². The van der Waals surface area contributed by atoms with Crippen molar-refractivity contribution < 1.29 is 0 Å². The van der Waals surface area contributed by atoms with Crippen LogP contribution in [-0.2, 0) is 0 Å². The molecule has 4 nitrogen and oxygen atoms in total. The number of rotatable bonds is 7. The highest BCUT2D eigenvalue weighted by Gasteiger charge is 2.21. The number of hydrogen-bond acceptors (Lipinski definition) is 4. The normalized spacial score (nSPS) is 11.5. The second kappa shape index (κ2) is 14.9. The predicted molar refractivity (Wildman–Crippen MR) is 260 cm³/mol. The summed E-state index contributed by atoms with van der Waals surface area (Å²) in [5, 5.41) is 4.95. The van der Waals surface area contributed by atoms with Crippen molar-refractivity contribution in [3.05, 3.63) is 218 Å². The maximum Gasteiger partial charge on any atom is 0.166 e. The average molecular weight is 809 g/mol. The summed E-state index contributed by atoms with van der Waals surface area (Å²) in [5.41, 5.74) is 13.3. The molecule has 0 unspecified atom stereocenters. The summed E-state index contributed by atoms with van der Waals surface area (Å²) in [7, 11) is 0. The molecule has 3 heterocycles. The fourth-order valence-electron chi connectivity index (χ4n) is 8.86. The lowest BCUT2D eigenvalue weighted by Crippen LogP contribution is -2.03. The monoisotopic (exact) mass is 808 g/mol. The molecule has 5 heteroatoms. The van der Waals surface area contributed by atoms with Gasteiger partial charge in [-0.25, -0.2) is 15.0 Å². The third-order valence-electron chi connectivity index (χ3n) is 11.9. The van der Waals surface area contributed by atoms with Crippen LogP contribution in [0.3, 0.4) is 0 Å². The highest BCUT2D eigenvalue weighted by atomic mass is 32.1. The molecule has 0 bridgehead atoms. The van der Waals surface area contributed by atoms with Gasteiger partial charge in [0.2, 0.25) is 0 Å². The van der Waals surface area contributed by atoms with Crippen LogP contribution in [0.5, 0.6) is 0 Å². The SMILES string of the molecule is c1ccc(-c2ccc(-c3nc(-c4ccccc4)nc(-c4ccccc4-n4c5ccccc5c5cc6c(cc54)sc4c(-c5ccc(-c7ccccc7)cc5)cccc46)n3)cc2)cc1. The van der Waals surface area contributed by atoms with Crippen LogP contribution in [0.1, 0.15) is 0 Å². The first-order valence-electron chi connectivity index (χ1n) is 20.8. The van der Waals surface area contributed by atoms with E-state index in [2.05, 4.69) is 199 Å². The maximum atomic E-state index is 5.24. The molecule has 0 atom stereocenters. The van der Waals surface area contributed by atoms with Gasteiger partial charge in [0, 0.05) is 47.6 Å². The highest BCUT2D eigenvalue weighted by molar-refractivity contribution is 7.26. The summed E-state index contributed by atoms with van der Waals surface area (Å²) in [6, 6.07) is 77.4. The van der Waals surface area contributed by atoms with Crippen LogP contribution in [0.25, 0.3) is 115 Å². The third-order valence-corrected chi connectivity index (χ3v) is 13.1. The summed E-state index contributed by atoms with van der Waals surface area (Å²) in [6.07, 6.45) is 0. The van der Waals surface area contributed by atoms with Crippen molar-refractivity contribution in [2.24, 2.45) is 0 Å². The Kier molecular flexibility index (Phi) is 8.65. The minimum Gasteiger partial charge on any atom is -0.308 e. The number of hydrogen-bond donors (Lipinski definition) is 0. The van der Waals surface area contributed by atoms with E-state index in [-0.39, 0.29) is 0 Å². The van der Waals surface area contributed by atoms with E-state index in [1.54, 1.807) is 0 Å². The lowest BCUT2D eigenvalue weighted by Gasteiger charge is -2.14. The Morgan fingerprint density at radius 3 is 1.47 bits per heavy atom. The summed E-state index contributed by atoms with van der Waals surface area (Å²) >= 11 is 1.87. The third kappa shape index (κ3) is 6.18. The van der Waals surface area contributed by atoms with Crippen LogP contribution >= 0.6 is 11.3 Å². The van der Waals surface area contributed by atoms with Gasteiger partial charge in [-0.2, -0.15) is 0 Å². The van der Waals surface area contributed by atoms with Gasteiger partial charge in [-0.15, -0.1) is 11.3 Å². The van der Waals surface area contributed by atoms with E-state index >= 15 is 0 Å². The zero-order chi connectivity index (χ0) is 41.0. The summed E-state index contributed by atoms with van der Waals surface area (Å²) < 4.78 is 4.94. The minimum absolute atomic E-state index is 0.619. The molecule has 12 rings (SSSR count). The summed E-state index contributed by atoms with van der Waals surface area (Å²) in [4.78, 5) is 15.5. The summed E-state index contributed by atoms with van der Waals surface area (Å²) in [5.74, 6) is 1.88. The van der Waals surface area contributed by atoms with Gasteiger partial charge in [0.15, 0.2) is 17.5 Å². The molecular formula is C57H36N4S. The van der Waals surface area contributed by atoms with Gasteiger partial charge < -0.3 is 4.57 Å². The molecule has 0 N–H and O–H groups in total. The molecule has 0 fully saturated rings. The Bertz CT molecular complexity index is 3590. The number of fused-ring (bicyclic) bond motifs is 6. The lowest BCUT2D eigenvalue weighted by atomic mass is 9.99. The van der Waals surface area contributed by atoms with Crippen molar-refractivity contribution in [3.63, 3.8) is 0 Å². The van der Waals surface area contributed by atoms with Gasteiger partial charge in [-0.05, 0) is 63.7 Å². The van der Waals surface area contributed by atoms with Crippen LogP contribution in [0.4, 0.5) is 0 Å². The molecule has 290 valence electrons. The Hall–Kier alpha value is -7.99. The first kappa shape index (κ1) is 35.9. The topological polar surface area (TPSA) is 43.6 Å². The first-order chi connectivity index (χ1) is 30.7. The maximum absolute atomic E-state index is 5.24. The van der Waals surface area contributed by atoms with Gasteiger partial charge in [-0.3, -0.25) is 0 Å². The molecule has 0 amide bonds. The minimum atomic E-state index is 0.619. The van der Waals surface area contributed by atoms with E-state index in [1.807, 2.05) is 35.6 Å². The van der Waals surface area contributed by atoms with Crippen LogP contribution in [0.2, 0.25) is 0 Å². The van der Waals surface area contributed by atoms with Crippen LogP contribution in [0, 0.1) is 0 Å². The molecule has 0 radical (unpaired) electrons. The van der Waals surface area contributed by atoms with E-state index in [9.17, 15) is 0 Å². The van der Waals surface area contributed by atoms with Crippen molar-refractivity contribution in [2.45, 2.75) is 0 Å². The zero-order valence-electron chi connectivity index (χ0n) is 33.5. The molecule has 0 aliphatic carbocycles. The largest absolute Gasteiger partial charge is 0.308 e. The molecule has 12 aromatic rings. The fourth-order valence-corrected chi connectivity index (χ4v) is 10.1. The van der Waals surface area contributed by atoms with Crippen LogP contribution in [-0.4, -0.2) is 19.5 Å². The molecule has 0 aliphatic rings. The number of para-hydroxylation sites is 2.